The second-order valence-corrected chi connectivity index (χ2v) is 7.19. The summed E-state index contributed by atoms with van der Waals surface area (Å²) >= 11 is 0. The average Bonchev–Trinajstić information content (AvgIpc) is 2.62. The SMILES string of the molecule is CS(=O)(=O)O.Cc1ccc2c(c1)CCC(C)C(C(=O)NC=NN)=C2. The molecule has 1 aliphatic rings. The molecule has 2 rings (SSSR count). The minimum Gasteiger partial charge on any atom is -0.322 e. The van der Waals surface area contributed by atoms with Crippen molar-refractivity contribution in [1.29, 1.82) is 0 Å². The Hall–Kier alpha value is -2.19. The van der Waals surface area contributed by atoms with E-state index in [4.69, 9.17) is 10.4 Å². The number of hydrogen-bond donors (Lipinski definition) is 3. The topological polar surface area (TPSA) is 122 Å². The summed E-state index contributed by atoms with van der Waals surface area (Å²) in [7, 11) is -3.67. The number of aryl methyl sites for hydroxylation is 2. The van der Waals surface area contributed by atoms with Gasteiger partial charge < -0.3 is 11.2 Å². The maximum Gasteiger partial charge on any atom is 0.261 e. The summed E-state index contributed by atoms with van der Waals surface area (Å²) in [6.07, 6.45) is 5.88. The van der Waals surface area contributed by atoms with Crippen molar-refractivity contribution in [2.24, 2.45) is 16.9 Å². The molecule has 24 heavy (non-hydrogen) atoms. The fourth-order valence-corrected chi connectivity index (χ4v) is 2.40. The highest BCUT2D eigenvalue weighted by Gasteiger charge is 2.20. The van der Waals surface area contributed by atoms with Crippen LogP contribution in [0.2, 0.25) is 0 Å². The lowest BCUT2D eigenvalue weighted by Crippen LogP contribution is -2.26. The van der Waals surface area contributed by atoms with Gasteiger partial charge >= 0.3 is 0 Å². The lowest BCUT2D eigenvalue weighted by atomic mass is 9.96. The van der Waals surface area contributed by atoms with Crippen LogP contribution in [0, 0.1) is 12.8 Å². The van der Waals surface area contributed by atoms with Crippen molar-refractivity contribution in [3.63, 3.8) is 0 Å². The zero-order valence-corrected chi connectivity index (χ0v) is 14.8. The quantitative estimate of drug-likeness (QED) is 0.244. The number of benzene rings is 1. The van der Waals surface area contributed by atoms with Gasteiger partial charge in [0.05, 0.1) is 6.26 Å². The molecule has 1 aliphatic carbocycles. The van der Waals surface area contributed by atoms with Crippen LogP contribution in [0.15, 0.2) is 28.9 Å². The summed E-state index contributed by atoms with van der Waals surface area (Å²) in [5, 5.41) is 5.87. The molecule has 1 atom stereocenters. The number of nitrogens with one attached hydrogen (secondary N) is 1. The second kappa shape index (κ2) is 8.60. The molecule has 0 bridgehead atoms. The molecule has 1 amide bonds. The molecule has 0 heterocycles. The first kappa shape index (κ1) is 19.9. The Balaban J connectivity index is 0.000000505. The van der Waals surface area contributed by atoms with Gasteiger partial charge in [-0.15, -0.1) is 0 Å². The minimum atomic E-state index is -3.67. The van der Waals surface area contributed by atoms with E-state index in [1.165, 1.54) is 17.5 Å². The van der Waals surface area contributed by atoms with Gasteiger partial charge in [-0.05, 0) is 42.9 Å². The molecule has 4 N–H and O–H groups in total. The standard InChI is InChI=1S/C15H19N3O.CH4O3S/c1-10-3-5-13-8-14(15(19)17-9-18-16)11(2)4-6-12(13)7-10;1-5(2,3)4/h3,5,7-9,11H,4,6,16H2,1-2H3,(H,17,18,19);1H3,(H,2,3,4). The van der Waals surface area contributed by atoms with E-state index in [9.17, 15) is 13.2 Å². The summed E-state index contributed by atoms with van der Waals surface area (Å²) in [5.41, 5.74) is 4.47. The van der Waals surface area contributed by atoms with Crippen molar-refractivity contribution < 1.29 is 17.8 Å². The molecule has 0 fully saturated rings. The Morgan fingerprint density at radius 1 is 1.46 bits per heavy atom. The van der Waals surface area contributed by atoms with Crippen LogP contribution >= 0.6 is 0 Å². The van der Waals surface area contributed by atoms with Crippen LogP contribution in [0.1, 0.15) is 30.0 Å². The number of hydrazone groups is 1. The van der Waals surface area contributed by atoms with Gasteiger partial charge in [-0.1, -0.05) is 30.7 Å². The molecule has 8 heteroatoms. The zero-order chi connectivity index (χ0) is 18.3. The molecule has 132 valence electrons. The molecule has 0 aromatic heterocycles. The van der Waals surface area contributed by atoms with Crippen LogP contribution in [0.25, 0.3) is 6.08 Å². The summed E-state index contributed by atoms with van der Waals surface area (Å²) in [6, 6.07) is 6.34. The fraction of sp³-hybridized carbons (Fsp3) is 0.375. The highest BCUT2D eigenvalue weighted by molar-refractivity contribution is 7.85. The number of nitrogens with two attached hydrogens (primary N) is 1. The number of carbonyl (C=O) groups is 1. The highest BCUT2D eigenvalue weighted by Crippen LogP contribution is 2.28. The molecule has 0 saturated heterocycles. The number of nitrogens with zero attached hydrogens (tertiary/aromatic N) is 1. The van der Waals surface area contributed by atoms with Gasteiger partial charge in [0.2, 0.25) is 0 Å². The van der Waals surface area contributed by atoms with Crippen LogP contribution in [0.3, 0.4) is 0 Å². The molecule has 0 aliphatic heterocycles. The third-order valence-electron chi connectivity index (χ3n) is 3.52. The predicted octanol–water partition coefficient (Wildman–Crippen LogP) is 1.48. The number of amides is 1. The second-order valence-electron chi connectivity index (χ2n) is 5.73. The average molecular weight is 353 g/mol. The van der Waals surface area contributed by atoms with Crippen molar-refractivity contribution in [2.45, 2.75) is 26.7 Å². The smallest absolute Gasteiger partial charge is 0.261 e. The van der Waals surface area contributed by atoms with Gasteiger partial charge in [-0.2, -0.15) is 13.5 Å². The van der Waals surface area contributed by atoms with Crippen LogP contribution < -0.4 is 11.2 Å². The van der Waals surface area contributed by atoms with Crippen molar-refractivity contribution >= 4 is 28.4 Å². The number of carbonyl (C=O) groups excluding carboxylic acids is 1. The molecular weight excluding hydrogens is 330 g/mol. The van der Waals surface area contributed by atoms with Gasteiger partial charge in [-0.3, -0.25) is 9.35 Å². The first-order chi connectivity index (χ1) is 11.1. The van der Waals surface area contributed by atoms with E-state index in [-0.39, 0.29) is 11.8 Å². The zero-order valence-electron chi connectivity index (χ0n) is 14.0. The van der Waals surface area contributed by atoms with Crippen molar-refractivity contribution in [3.05, 3.63) is 40.5 Å². The molecule has 7 nitrogen and oxygen atoms in total. The first-order valence-electron chi connectivity index (χ1n) is 7.38. The van der Waals surface area contributed by atoms with E-state index in [2.05, 4.69) is 42.5 Å². The molecule has 1 unspecified atom stereocenters. The largest absolute Gasteiger partial charge is 0.322 e. The molecule has 0 spiro atoms. The monoisotopic (exact) mass is 353 g/mol. The Kier molecular flexibility index (Phi) is 7.12. The Bertz CT molecular complexity index is 747. The maximum absolute atomic E-state index is 12.1. The number of hydrogen-bond acceptors (Lipinski definition) is 5. The van der Waals surface area contributed by atoms with Gasteiger partial charge in [0.25, 0.3) is 16.0 Å². The summed E-state index contributed by atoms with van der Waals surface area (Å²) in [4.78, 5) is 12.1. The Labute approximate surface area is 142 Å². The van der Waals surface area contributed by atoms with Crippen molar-refractivity contribution in [3.8, 4) is 0 Å². The summed E-state index contributed by atoms with van der Waals surface area (Å²) in [5.74, 6) is 5.09. The van der Waals surface area contributed by atoms with E-state index in [1.807, 2.05) is 6.08 Å². The lowest BCUT2D eigenvalue weighted by molar-refractivity contribution is -0.116. The Morgan fingerprint density at radius 3 is 2.67 bits per heavy atom. The van der Waals surface area contributed by atoms with Gasteiger partial charge in [0.1, 0.15) is 6.34 Å². The molecule has 1 aromatic rings. The summed E-state index contributed by atoms with van der Waals surface area (Å²) < 4.78 is 25.9. The fourth-order valence-electron chi connectivity index (χ4n) is 2.40. The lowest BCUT2D eigenvalue weighted by Gasteiger charge is -2.11. The number of rotatable bonds is 2. The normalized spacial score (nSPS) is 17.2. The van der Waals surface area contributed by atoms with Gasteiger partial charge in [-0.25, -0.2) is 0 Å². The Morgan fingerprint density at radius 2 is 2.08 bits per heavy atom. The molecular formula is C16H23N3O4S. The van der Waals surface area contributed by atoms with Crippen LogP contribution in [-0.4, -0.2) is 31.5 Å². The van der Waals surface area contributed by atoms with E-state index in [1.54, 1.807) is 0 Å². The maximum atomic E-state index is 12.1. The van der Waals surface area contributed by atoms with E-state index in [0.717, 1.165) is 24.0 Å². The third kappa shape index (κ3) is 6.93. The van der Waals surface area contributed by atoms with E-state index >= 15 is 0 Å². The van der Waals surface area contributed by atoms with Gasteiger partial charge in [0, 0.05) is 5.57 Å². The van der Waals surface area contributed by atoms with E-state index in [0.29, 0.717) is 6.26 Å². The minimum absolute atomic E-state index is 0.130. The molecule has 0 radical (unpaired) electrons. The van der Waals surface area contributed by atoms with E-state index < -0.39 is 10.1 Å². The molecule has 0 saturated carbocycles. The van der Waals surface area contributed by atoms with Crippen LogP contribution in [0.4, 0.5) is 0 Å². The van der Waals surface area contributed by atoms with Crippen LogP contribution in [-0.2, 0) is 21.3 Å². The third-order valence-corrected chi connectivity index (χ3v) is 3.52. The van der Waals surface area contributed by atoms with Gasteiger partial charge in [0.15, 0.2) is 0 Å². The predicted molar refractivity (Wildman–Crippen MR) is 94.9 cm³/mol. The molecule has 1 aromatic carbocycles. The highest BCUT2D eigenvalue weighted by atomic mass is 32.2. The summed E-state index contributed by atoms with van der Waals surface area (Å²) in [6.45, 7) is 4.16. The number of fused-ring (bicyclic) bond motifs is 1. The first-order valence-corrected chi connectivity index (χ1v) is 9.22. The van der Waals surface area contributed by atoms with Crippen molar-refractivity contribution in [2.75, 3.05) is 6.26 Å². The van der Waals surface area contributed by atoms with Crippen molar-refractivity contribution in [1.82, 2.24) is 5.32 Å². The van der Waals surface area contributed by atoms with Crippen LogP contribution in [0.5, 0.6) is 0 Å².